The van der Waals surface area contributed by atoms with E-state index in [2.05, 4.69) is 10.3 Å². The van der Waals surface area contributed by atoms with Crippen molar-refractivity contribution in [3.05, 3.63) is 78.6 Å². The Morgan fingerprint density at radius 2 is 1.80 bits per heavy atom. The molecule has 0 unspecified atom stereocenters. The summed E-state index contributed by atoms with van der Waals surface area (Å²) in [6.07, 6.45) is 3.37. The Hall–Kier alpha value is -3.65. The monoisotopic (exact) mass is 420 g/mol. The molecule has 0 fully saturated rings. The first-order valence-corrected chi connectivity index (χ1v) is 10.0. The molecular weight excluding hydrogens is 396 g/mol. The Morgan fingerprint density at radius 3 is 2.40 bits per heavy atom. The second kappa shape index (κ2) is 11.4. The number of para-hydroxylation sites is 1. The van der Waals surface area contributed by atoms with Gasteiger partial charge in [0.15, 0.2) is 0 Å². The third-order valence-electron chi connectivity index (χ3n) is 3.80. The smallest absolute Gasteiger partial charge is 0.275 e. The van der Waals surface area contributed by atoms with E-state index in [-0.39, 0.29) is 11.4 Å². The zero-order valence-corrected chi connectivity index (χ0v) is 17.4. The van der Waals surface area contributed by atoms with Gasteiger partial charge in [-0.05, 0) is 42.8 Å². The number of rotatable bonds is 6. The topological polar surface area (TPSA) is 142 Å². The van der Waals surface area contributed by atoms with Crippen molar-refractivity contribution in [3.63, 3.8) is 0 Å². The van der Waals surface area contributed by atoms with Gasteiger partial charge in [-0.2, -0.15) is 0 Å². The number of hydrogen-bond donors (Lipinski definition) is 5. The number of carbonyl (C=O) groups excluding carboxylic acids is 1. The first kappa shape index (κ1) is 22.6. The number of aromatic nitrogens is 1. The van der Waals surface area contributed by atoms with Crippen LogP contribution < -0.4 is 16.8 Å². The standard InChI is InChI=1S/C16H17N5OS.C6H7N/c1-10(17)15(19)16(22)21-12-4-2-3-11(7-12)9-23-14-8-20-6-5-13(14)18;7-6-4-2-1-3-5-6/h2-8,17,19H,9H2,1H3,(H2,18,20)(H,21,22);1-5H,7H2. The van der Waals surface area contributed by atoms with Gasteiger partial charge in [0.1, 0.15) is 5.71 Å². The molecule has 154 valence electrons. The molecule has 0 aliphatic rings. The van der Waals surface area contributed by atoms with Crippen molar-refractivity contribution in [1.82, 2.24) is 4.98 Å². The SMILES string of the molecule is CC(=N)C(=N)C(=O)Nc1cccc(CSc2cnccc2N)c1.Nc1ccccc1. The lowest BCUT2D eigenvalue weighted by Gasteiger charge is -2.08. The predicted octanol–water partition coefficient (Wildman–Crippen LogP) is 4.22. The Bertz CT molecular complexity index is 1020. The van der Waals surface area contributed by atoms with E-state index >= 15 is 0 Å². The van der Waals surface area contributed by atoms with Gasteiger partial charge in [0.05, 0.1) is 5.71 Å². The van der Waals surface area contributed by atoms with Crippen LogP contribution in [-0.4, -0.2) is 22.3 Å². The van der Waals surface area contributed by atoms with Gasteiger partial charge in [0.2, 0.25) is 0 Å². The second-order valence-electron chi connectivity index (χ2n) is 6.27. The van der Waals surface area contributed by atoms with Crippen molar-refractivity contribution < 1.29 is 4.79 Å². The number of nitrogens with zero attached hydrogens (tertiary/aromatic N) is 1. The molecule has 3 aromatic rings. The number of benzene rings is 2. The summed E-state index contributed by atoms with van der Waals surface area (Å²) in [5.74, 6) is 0.0968. The highest BCUT2D eigenvalue weighted by Crippen LogP contribution is 2.27. The average Bonchev–Trinajstić information content (AvgIpc) is 2.74. The minimum absolute atomic E-state index is 0.0683. The van der Waals surface area contributed by atoms with Gasteiger partial charge in [0, 0.05) is 40.1 Å². The zero-order chi connectivity index (χ0) is 21.9. The summed E-state index contributed by atoms with van der Waals surface area (Å²) in [7, 11) is 0. The highest BCUT2D eigenvalue weighted by molar-refractivity contribution is 7.98. The molecule has 7 nitrogen and oxygen atoms in total. The van der Waals surface area contributed by atoms with Gasteiger partial charge in [-0.15, -0.1) is 11.8 Å². The minimum Gasteiger partial charge on any atom is -0.399 e. The summed E-state index contributed by atoms with van der Waals surface area (Å²) < 4.78 is 0. The maximum atomic E-state index is 11.8. The molecule has 8 heteroatoms. The van der Waals surface area contributed by atoms with Crippen molar-refractivity contribution in [2.24, 2.45) is 0 Å². The van der Waals surface area contributed by atoms with E-state index in [0.717, 1.165) is 16.1 Å². The van der Waals surface area contributed by atoms with Crippen molar-refractivity contribution in [1.29, 1.82) is 10.8 Å². The number of hydrogen-bond acceptors (Lipinski definition) is 7. The van der Waals surface area contributed by atoms with E-state index in [9.17, 15) is 4.79 Å². The molecule has 0 atom stereocenters. The van der Waals surface area contributed by atoms with Crippen LogP contribution in [0, 0.1) is 10.8 Å². The number of thioether (sulfide) groups is 1. The molecule has 0 aliphatic carbocycles. The molecule has 0 saturated heterocycles. The molecule has 1 aromatic heterocycles. The normalized spacial score (nSPS) is 9.77. The summed E-state index contributed by atoms with van der Waals surface area (Å²) >= 11 is 1.56. The van der Waals surface area contributed by atoms with Crippen molar-refractivity contribution in [3.8, 4) is 0 Å². The average molecular weight is 421 g/mol. The molecular formula is C22H24N6OS. The van der Waals surface area contributed by atoms with E-state index in [1.54, 1.807) is 36.3 Å². The van der Waals surface area contributed by atoms with Crippen LogP contribution in [0.15, 0.2) is 78.0 Å². The number of pyridine rings is 1. The largest absolute Gasteiger partial charge is 0.399 e. The molecule has 30 heavy (non-hydrogen) atoms. The summed E-state index contributed by atoms with van der Waals surface area (Å²) in [4.78, 5) is 16.7. The molecule has 0 spiro atoms. The number of carbonyl (C=O) groups is 1. The lowest BCUT2D eigenvalue weighted by atomic mass is 10.2. The van der Waals surface area contributed by atoms with Gasteiger partial charge in [-0.1, -0.05) is 30.3 Å². The van der Waals surface area contributed by atoms with Crippen molar-refractivity contribution in [2.45, 2.75) is 17.6 Å². The first-order chi connectivity index (χ1) is 14.4. The van der Waals surface area contributed by atoms with E-state index in [1.165, 1.54) is 6.92 Å². The zero-order valence-electron chi connectivity index (χ0n) is 16.6. The summed E-state index contributed by atoms with van der Waals surface area (Å²) in [6, 6.07) is 18.6. The van der Waals surface area contributed by atoms with Gasteiger partial charge >= 0.3 is 0 Å². The second-order valence-corrected chi connectivity index (χ2v) is 7.28. The Labute approximate surface area is 179 Å². The van der Waals surface area contributed by atoms with Gasteiger partial charge in [-0.3, -0.25) is 15.2 Å². The molecule has 7 N–H and O–H groups in total. The molecule has 1 heterocycles. The Morgan fingerprint density at radius 1 is 1.07 bits per heavy atom. The van der Waals surface area contributed by atoms with Crippen LogP contribution in [-0.2, 0) is 10.5 Å². The molecule has 0 saturated carbocycles. The van der Waals surface area contributed by atoms with Crippen LogP contribution in [0.25, 0.3) is 0 Å². The fraction of sp³-hybridized carbons (Fsp3) is 0.0909. The maximum absolute atomic E-state index is 11.8. The first-order valence-electron chi connectivity index (χ1n) is 9.04. The van der Waals surface area contributed by atoms with E-state index in [4.69, 9.17) is 22.3 Å². The van der Waals surface area contributed by atoms with Crippen molar-refractivity contribution in [2.75, 3.05) is 16.8 Å². The Balaban J connectivity index is 0.000000386. The minimum atomic E-state index is -0.584. The number of nitrogen functional groups attached to an aromatic ring is 2. The number of anilines is 3. The van der Waals surface area contributed by atoms with Crippen LogP contribution in [0.4, 0.5) is 17.1 Å². The van der Waals surface area contributed by atoms with E-state index in [0.29, 0.717) is 17.1 Å². The van der Waals surface area contributed by atoms with Crippen LogP contribution in [0.1, 0.15) is 12.5 Å². The molecule has 1 amide bonds. The molecule has 0 aliphatic heterocycles. The van der Waals surface area contributed by atoms with Crippen LogP contribution in [0.3, 0.4) is 0 Å². The number of nitrogens with one attached hydrogen (secondary N) is 3. The number of amides is 1. The summed E-state index contributed by atoms with van der Waals surface area (Å²) in [6.45, 7) is 1.41. The highest BCUT2D eigenvalue weighted by Gasteiger charge is 2.11. The third-order valence-corrected chi connectivity index (χ3v) is 4.93. The Kier molecular flexibility index (Phi) is 8.58. The highest BCUT2D eigenvalue weighted by atomic mass is 32.2. The fourth-order valence-electron chi connectivity index (χ4n) is 2.23. The molecule has 2 aromatic carbocycles. The lowest BCUT2D eigenvalue weighted by molar-refractivity contribution is -0.110. The predicted molar refractivity (Wildman–Crippen MR) is 125 cm³/mol. The van der Waals surface area contributed by atoms with Crippen LogP contribution in [0.5, 0.6) is 0 Å². The molecule has 0 radical (unpaired) electrons. The van der Waals surface area contributed by atoms with Crippen LogP contribution >= 0.6 is 11.8 Å². The molecule has 3 rings (SSSR count). The lowest BCUT2D eigenvalue weighted by Crippen LogP contribution is -2.27. The van der Waals surface area contributed by atoms with Gasteiger partial charge < -0.3 is 22.2 Å². The van der Waals surface area contributed by atoms with E-state index < -0.39 is 5.91 Å². The summed E-state index contributed by atoms with van der Waals surface area (Å²) in [5.41, 5.74) is 13.9. The van der Waals surface area contributed by atoms with Crippen LogP contribution in [0.2, 0.25) is 0 Å². The van der Waals surface area contributed by atoms with Crippen molar-refractivity contribution >= 4 is 46.2 Å². The van der Waals surface area contributed by atoms with Gasteiger partial charge in [0.25, 0.3) is 5.91 Å². The number of nitrogens with two attached hydrogens (primary N) is 2. The van der Waals surface area contributed by atoms with Gasteiger partial charge in [-0.25, -0.2) is 0 Å². The third kappa shape index (κ3) is 7.40. The quantitative estimate of drug-likeness (QED) is 0.230. The summed E-state index contributed by atoms with van der Waals surface area (Å²) in [5, 5.41) is 17.4. The fourth-order valence-corrected chi connectivity index (χ4v) is 3.10. The maximum Gasteiger partial charge on any atom is 0.275 e. The van der Waals surface area contributed by atoms with E-state index in [1.807, 2.05) is 48.5 Å². The molecule has 0 bridgehead atoms.